The Labute approximate surface area is 157 Å². The number of anilines is 2. The number of aromatic nitrogens is 1. The lowest BCUT2D eigenvalue weighted by Gasteiger charge is -2.17. The minimum absolute atomic E-state index is 0.161. The van der Waals surface area contributed by atoms with E-state index < -0.39 is 0 Å². The summed E-state index contributed by atoms with van der Waals surface area (Å²) in [5, 5.41) is 15.7. The molecule has 0 saturated carbocycles. The largest absolute Gasteiger partial charge is 0.508 e. The molecule has 3 aromatic rings. The molecule has 2 aromatic carbocycles. The van der Waals surface area contributed by atoms with Crippen molar-refractivity contribution < 1.29 is 14.6 Å². The van der Waals surface area contributed by atoms with Gasteiger partial charge in [0.2, 0.25) is 0 Å². The van der Waals surface area contributed by atoms with E-state index in [9.17, 15) is 9.90 Å². The molecule has 1 amide bonds. The zero-order valence-electron chi connectivity index (χ0n) is 15.1. The molecule has 0 aliphatic rings. The number of phenols is 1. The van der Waals surface area contributed by atoms with Crippen molar-refractivity contribution in [3.63, 3.8) is 0 Å². The minimum atomic E-state index is -0.274. The Balaban J connectivity index is 1.81. The van der Waals surface area contributed by atoms with Gasteiger partial charge in [-0.1, -0.05) is 24.3 Å². The van der Waals surface area contributed by atoms with Crippen molar-refractivity contribution >= 4 is 17.4 Å². The Bertz CT molecular complexity index is 943. The summed E-state index contributed by atoms with van der Waals surface area (Å²) in [7, 11) is 1.59. The SMILES string of the molecule is COc1ccccc1Nc1ncccc1C(=O)NC(C)c1cccc(O)c1. The van der Waals surface area contributed by atoms with Crippen LogP contribution in [0.1, 0.15) is 28.9 Å². The Morgan fingerprint density at radius 2 is 1.93 bits per heavy atom. The summed E-state index contributed by atoms with van der Waals surface area (Å²) in [6, 6.07) is 17.4. The van der Waals surface area contributed by atoms with Crippen LogP contribution in [0.25, 0.3) is 0 Å². The second-order valence-electron chi connectivity index (χ2n) is 6.01. The van der Waals surface area contributed by atoms with Crippen molar-refractivity contribution in [2.75, 3.05) is 12.4 Å². The van der Waals surface area contributed by atoms with Crippen molar-refractivity contribution in [1.29, 1.82) is 0 Å². The number of carbonyl (C=O) groups is 1. The van der Waals surface area contributed by atoms with Crippen LogP contribution in [0.3, 0.4) is 0 Å². The fraction of sp³-hybridized carbons (Fsp3) is 0.143. The first-order chi connectivity index (χ1) is 13.1. The molecule has 0 saturated heterocycles. The summed E-state index contributed by atoms with van der Waals surface area (Å²) in [5.74, 6) is 0.982. The van der Waals surface area contributed by atoms with Gasteiger partial charge in [-0.3, -0.25) is 4.79 Å². The summed E-state index contributed by atoms with van der Waals surface area (Å²) < 4.78 is 5.34. The molecule has 27 heavy (non-hydrogen) atoms. The third-order valence-electron chi connectivity index (χ3n) is 4.13. The third-order valence-corrected chi connectivity index (χ3v) is 4.13. The minimum Gasteiger partial charge on any atom is -0.508 e. The Kier molecular flexibility index (Phi) is 5.56. The first-order valence-corrected chi connectivity index (χ1v) is 8.53. The van der Waals surface area contributed by atoms with Gasteiger partial charge in [0.05, 0.1) is 24.4 Å². The van der Waals surface area contributed by atoms with E-state index in [1.54, 1.807) is 43.6 Å². The Morgan fingerprint density at radius 3 is 2.70 bits per heavy atom. The van der Waals surface area contributed by atoms with Crippen LogP contribution in [0.2, 0.25) is 0 Å². The fourth-order valence-corrected chi connectivity index (χ4v) is 2.72. The number of aromatic hydroxyl groups is 1. The van der Waals surface area contributed by atoms with Gasteiger partial charge in [0.25, 0.3) is 5.91 Å². The van der Waals surface area contributed by atoms with E-state index in [2.05, 4.69) is 15.6 Å². The lowest BCUT2D eigenvalue weighted by Crippen LogP contribution is -2.27. The normalized spacial score (nSPS) is 11.5. The number of rotatable bonds is 6. The van der Waals surface area contributed by atoms with Gasteiger partial charge in [-0.25, -0.2) is 4.98 Å². The molecule has 0 spiro atoms. The standard InChI is InChI=1S/C21H21N3O3/c1-14(15-7-5-8-16(25)13-15)23-21(26)17-9-6-12-22-20(17)24-18-10-3-4-11-19(18)27-2/h3-14,25H,1-2H3,(H,22,24)(H,23,26). The highest BCUT2D eigenvalue weighted by Gasteiger charge is 2.17. The molecule has 1 unspecified atom stereocenters. The fourth-order valence-electron chi connectivity index (χ4n) is 2.72. The van der Waals surface area contributed by atoms with Gasteiger partial charge in [-0.05, 0) is 48.9 Å². The number of phenolic OH excluding ortho intramolecular Hbond substituents is 1. The summed E-state index contributed by atoms with van der Waals surface area (Å²) in [4.78, 5) is 17.1. The van der Waals surface area contributed by atoms with Crippen molar-refractivity contribution in [3.05, 3.63) is 78.0 Å². The monoisotopic (exact) mass is 363 g/mol. The second-order valence-corrected chi connectivity index (χ2v) is 6.01. The molecular formula is C21H21N3O3. The predicted molar refractivity (Wildman–Crippen MR) is 105 cm³/mol. The summed E-state index contributed by atoms with van der Waals surface area (Å²) >= 11 is 0. The summed E-state index contributed by atoms with van der Waals surface area (Å²) in [6.45, 7) is 1.86. The molecule has 3 rings (SSSR count). The van der Waals surface area contributed by atoms with E-state index in [1.807, 2.05) is 37.3 Å². The predicted octanol–water partition coefficient (Wildman–Crippen LogP) is 4.03. The van der Waals surface area contributed by atoms with Crippen LogP contribution < -0.4 is 15.4 Å². The number of ether oxygens (including phenoxy) is 1. The number of nitrogens with one attached hydrogen (secondary N) is 2. The molecule has 3 N–H and O–H groups in total. The van der Waals surface area contributed by atoms with Gasteiger partial charge in [0.1, 0.15) is 17.3 Å². The summed E-state index contributed by atoms with van der Waals surface area (Å²) in [5.41, 5.74) is 1.94. The summed E-state index contributed by atoms with van der Waals surface area (Å²) in [6.07, 6.45) is 1.62. The van der Waals surface area contributed by atoms with Crippen LogP contribution in [0.15, 0.2) is 66.9 Å². The number of nitrogens with zero attached hydrogens (tertiary/aromatic N) is 1. The number of carbonyl (C=O) groups excluding carboxylic acids is 1. The highest BCUT2D eigenvalue weighted by atomic mass is 16.5. The zero-order valence-corrected chi connectivity index (χ0v) is 15.1. The second kappa shape index (κ2) is 8.23. The number of methoxy groups -OCH3 is 1. The molecule has 0 aliphatic carbocycles. The van der Waals surface area contributed by atoms with Crippen LogP contribution in [-0.2, 0) is 0 Å². The quantitative estimate of drug-likeness (QED) is 0.616. The van der Waals surface area contributed by atoms with Crippen LogP contribution >= 0.6 is 0 Å². The van der Waals surface area contributed by atoms with Crippen LogP contribution in [0, 0.1) is 0 Å². The lowest BCUT2D eigenvalue weighted by atomic mass is 10.1. The van der Waals surface area contributed by atoms with E-state index in [-0.39, 0.29) is 17.7 Å². The molecule has 1 heterocycles. The van der Waals surface area contributed by atoms with Gasteiger partial charge in [-0.15, -0.1) is 0 Å². The molecule has 0 aliphatic heterocycles. The highest BCUT2D eigenvalue weighted by Crippen LogP contribution is 2.28. The molecule has 1 atom stereocenters. The average molecular weight is 363 g/mol. The average Bonchev–Trinajstić information content (AvgIpc) is 2.68. The van der Waals surface area contributed by atoms with Gasteiger partial charge >= 0.3 is 0 Å². The van der Waals surface area contributed by atoms with E-state index >= 15 is 0 Å². The Hall–Kier alpha value is -3.54. The molecule has 0 bridgehead atoms. The third kappa shape index (κ3) is 4.36. The van der Waals surface area contributed by atoms with Gasteiger partial charge in [0, 0.05) is 6.20 Å². The van der Waals surface area contributed by atoms with Gasteiger partial charge in [0.15, 0.2) is 0 Å². The first-order valence-electron chi connectivity index (χ1n) is 8.53. The number of para-hydroxylation sites is 2. The van der Waals surface area contributed by atoms with E-state index in [1.165, 1.54) is 0 Å². The molecule has 6 heteroatoms. The molecule has 138 valence electrons. The van der Waals surface area contributed by atoms with Crippen LogP contribution in [-0.4, -0.2) is 23.1 Å². The van der Waals surface area contributed by atoms with Crippen LogP contribution in [0.5, 0.6) is 11.5 Å². The smallest absolute Gasteiger partial charge is 0.255 e. The first kappa shape index (κ1) is 18.3. The van der Waals surface area contributed by atoms with Gasteiger partial charge in [-0.2, -0.15) is 0 Å². The highest BCUT2D eigenvalue weighted by molar-refractivity contribution is 5.99. The Morgan fingerprint density at radius 1 is 1.11 bits per heavy atom. The van der Waals surface area contributed by atoms with Crippen molar-refractivity contribution in [2.24, 2.45) is 0 Å². The lowest BCUT2D eigenvalue weighted by molar-refractivity contribution is 0.0940. The maximum atomic E-state index is 12.8. The molecule has 6 nitrogen and oxygen atoms in total. The maximum Gasteiger partial charge on any atom is 0.255 e. The number of amides is 1. The topological polar surface area (TPSA) is 83.5 Å². The van der Waals surface area contributed by atoms with Crippen molar-refractivity contribution in [1.82, 2.24) is 10.3 Å². The van der Waals surface area contributed by atoms with E-state index in [0.29, 0.717) is 22.8 Å². The van der Waals surface area contributed by atoms with Crippen molar-refractivity contribution in [3.8, 4) is 11.5 Å². The molecule has 0 radical (unpaired) electrons. The molecule has 1 aromatic heterocycles. The zero-order chi connectivity index (χ0) is 19.2. The molecular weight excluding hydrogens is 342 g/mol. The maximum absolute atomic E-state index is 12.8. The molecule has 0 fully saturated rings. The number of hydrogen-bond acceptors (Lipinski definition) is 5. The van der Waals surface area contributed by atoms with E-state index in [0.717, 1.165) is 5.56 Å². The number of pyridine rings is 1. The number of benzene rings is 2. The number of hydrogen-bond donors (Lipinski definition) is 3. The van der Waals surface area contributed by atoms with E-state index in [4.69, 9.17) is 4.74 Å². The van der Waals surface area contributed by atoms with Crippen molar-refractivity contribution in [2.45, 2.75) is 13.0 Å². The van der Waals surface area contributed by atoms with Crippen LogP contribution in [0.4, 0.5) is 11.5 Å². The van der Waals surface area contributed by atoms with Gasteiger partial charge < -0.3 is 20.5 Å².